The number of halogens is 1. The molecule has 170 valence electrons. The topological polar surface area (TPSA) is 88.1 Å². The summed E-state index contributed by atoms with van der Waals surface area (Å²) < 4.78 is 15.9. The van der Waals surface area contributed by atoms with Gasteiger partial charge in [0, 0.05) is 28.3 Å². The molecule has 1 aliphatic carbocycles. The van der Waals surface area contributed by atoms with Crippen LogP contribution in [0.3, 0.4) is 0 Å². The molecule has 8 heteroatoms. The maximum absolute atomic E-state index is 14.4. The van der Waals surface area contributed by atoms with Gasteiger partial charge in [0.1, 0.15) is 11.5 Å². The van der Waals surface area contributed by atoms with E-state index in [9.17, 15) is 14.0 Å². The zero-order valence-electron chi connectivity index (χ0n) is 18.2. The summed E-state index contributed by atoms with van der Waals surface area (Å²) in [6.07, 6.45) is 2.37. The number of carbonyl (C=O) groups excluding carboxylic acids is 2. The van der Waals surface area contributed by atoms with Crippen LogP contribution in [0.25, 0.3) is 5.69 Å². The van der Waals surface area contributed by atoms with E-state index in [0.29, 0.717) is 28.4 Å². The summed E-state index contributed by atoms with van der Waals surface area (Å²) in [6.45, 7) is 0. The molecule has 0 saturated heterocycles. The number of benzene rings is 3. The molecule has 3 N–H and O–H groups in total. The van der Waals surface area contributed by atoms with Crippen LogP contribution < -0.4 is 16.0 Å². The number of fused-ring (bicyclic) bond motifs is 1. The average molecular weight is 455 g/mol. The van der Waals surface area contributed by atoms with Crippen LogP contribution in [-0.2, 0) is 12.8 Å². The van der Waals surface area contributed by atoms with E-state index in [1.165, 1.54) is 6.07 Å². The Hall–Kier alpha value is -4.46. The van der Waals surface area contributed by atoms with Crippen LogP contribution in [-0.4, -0.2) is 21.7 Å². The number of hydrogen-bond acceptors (Lipinski definition) is 3. The van der Waals surface area contributed by atoms with Crippen LogP contribution in [0.15, 0.2) is 78.9 Å². The number of hydrogen-bond donors (Lipinski definition) is 3. The number of aromatic nitrogens is 2. The van der Waals surface area contributed by atoms with Gasteiger partial charge in [-0.2, -0.15) is 5.10 Å². The molecule has 1 heterocycles. The van der Waals surface area contributed by atoms with E-state index in [-0.39, 0.29) is 17.8 Å². The lowest BCUT2D eigenvalue weighted by Crippen LogP contribution is -2.19. The van der Waals surface area contributed by atoms with E-state index in [1.807, 2.05) is 18.2 Å². The van der Waals surface area contributed by atoms with E-state index < -0.39 is 0 Å². The van der Waals surface area contributed by atoms with Crippen LogP contribution in [0.4, 0.5) is 26.2 Å². The van der Waals surface area contributed by atoms with E-state index in [4.69, 9.17) is 0 Å². The van der Waals surface area contributed by atoms with Crippen molar-refractivity contribution in [3.8, 4) is 5.69 Å². The first-order chi connectivity index (χ1) is 16.6. The highest BCUT2D eigenvalue weighted by Gasteiger charge is 2.27. The highest BCUT2D eigenvalue weighted by atomic mass is 19.1. The van der Waals surface area contributed by atoms with Crippen LogP contribution in [0.5, 0.6) is 0 Å². The molecule has 0 atom stereocenters. The molecular weight excluding hydrogens is 433 g/mol. The lowest BCUT2D eigenvalue weighted by Gasteiger charge is -2.09. The third kappa shape index (κ3) is 4.38. The minimum absolute atomic E-state index is 0.306. The molecule has 0 bridgehead atoms. The standard InChI is InChI=1S/C26H22FN5O2/c27-21-10-4-5-11-23(21)32-22-12-6-9-20(22)24(31-32)25(33)28-18-13-15-19(16-14-18)30-26(34)29-17-7-2-1-3-8-17/h1-5,7-8,10-11,13-16H,6,9,12H2,(H,28,33)(H2,29,30,34). The molecule has 0 spiro atoms. The molecule has 0 saturated carbocycles. The average Bonchev–Trinajstić information content (AvgIpc) is 3.44. The van der Waals surface area contributed by atoms with E-state index >= 15 is 0 Å². The first-order valence-electron chi connectivity index (χ1n) is 11.0. The lowest BCUT2D eigenvalue weighted by molar-refractivity contribution is 0.102. The fourth-order valence-corrected chi connectivity index (χ4v) is 4.08. The number of anilines is 3. The molecule has 0 fully saturated rings. The Morgan fingerprint density at radius 1 is 0.765 bits per heavy atom. The summed E-state index contributed by atoms with van der Waals surface area (Å²) in [7, 11) is 0. The summed E-state index contributed by atoms with van der Waals surface area (Å²) in [5.74, 6) is -0.734. The van der Waals surface area contributed by atoms with Crippen molar-refractivity contribution in [3.63, 3.8) is 0 Å². The molecule has 7 nitrogen and oxygen atoms in total. The Morgan fingerprint density at radius 2 is 1.38 bits per heavy atom. The first kappa shape index (κ1) is 21.4. The van der Waals surface area contributed by atoms with Gasteiger partial charge in [-0.15, -0.1) is 0 Å². The Labute approximate surface area is 195 Å². The number of urea groups is 1. The number of nitrogens with zero attached hydrogens (tertiary/aromatic N) is 2. The van der Waals surface area contributed by atoms with E-state index in [1.54, 1.807) is 59.3 Å². The van der Waals surface area contributed by atoms with Gasteiger partial charge < -0.3 is 16.0 Å². The molecule has 3 aromatic carbocycles. The molecule has 0 aliphatic heterocycles. The van der Waals surface area contributed by atoms with Gasteiger partial charge in [0.25, 0.3) is 5.91 Å². The van der Waals surface area contributed by atoms with Crippen molar-refractivity contribution in [2.75, 3.05) is 16.0 Å². The maximum Gasteiger partial charge on any atom is 0.323 e. The molecule has 0 unspecified atom stereocenters. The zero-order chi connectivity index (χ0) is 23.5. The van der Waals surface area contributed by atoms with Crippen LogP contribution in [0.2, 0.25) is 0 Å². The summed E-state index contributed by atoms with van der Waals surface area (Å²) in [6, 6.07) is 22.0. The number of para-hydroxylation sites is 2. The van der Waals surface area contributed by atoms with Gasteiger partial charge >= 0.3 is 6.03 Å². The van der Waals surface area contributed by atoms with Crippen molar-refractivity contribution in [2.24, 2.45) is 0 Å². The SMILES string of the molecule is O=C(Nc1ccccc1)Nc1ccc(NC(=O)c2nn(-c3ccccc3F)c3c2CCC3)cc1. The summed E-state index contributed by atoms with van der Waals surface area (Å²) in [4.78, 5) is 25.2. The Kier molecular flexibility index (Phi) is 5.78. The minimum Gasteiger partial charge on any atom is -0.321 e. The molecule has 4 aromatic rings. The van der Waals surface area contributed by atoms with Gasteiger partial charge in [0.15, 0.2) is 5.69 Å². The third-order valence-electron chi connectivity index (χ3n) is 5.66. The minimum atomic E-state index is -0.383. The third-order valence-corrected chi connectivity index (χ3v) is 5.66. The van der Waals surface area contributed by atoms with Crippen molar-refractivity contribution in [2.45, 2.75) is 19.3 Å². The van der Waals surface area contributed by atoms with Gasteiger partial charge in [-0.05, 0) is 67.8 Å². The summed E-state index contributed by atoms with van der Waals surface area (Å²) in [5, 5.41) is 12.8. The van der Waals surface area contributed by atoms with Crippen molar-refractivity contribution in [1.29, 1.82) is 0 Å². The zero-order valence-corrected chi connectivity index (χ0v) is 18.2. The Morgan fingerprint density at radius 3 is 2.09 bits per heavy atom. The van der Waals surface area contributed by atoms with Gasteiger partial charge in [0.2, 0.25) is 0 Å². The molecule has 3 amide bonds. The summed E-state index contributed by atoms with van der Waals surface area (Å²) >= 11 is 0. The number of nitrogens with one attached hydrogen (secondary N) is 3. The normalized spacial score (nSPS) is 12.1. The highest BCUT2D eigenvalue weighted by molar-refractivity contribution is 6.04. The maximum atomic E-state index is 14.4. The van der Waals surface area contributed by atoms with Crippen LogP contribution in [0, 0.1) is 5.82 Å². The van der Waals surface area contributed by atoms with Crippen molar-refractivity contribution in [1.82, 2.24) is 9.78 Å². The highest BCUT2D eigenvalue weighted by Crippen LogP contribution is 2.29. The largest absolute Gasteiger partial charge is 0.323 e. The van der Waals surface area contributed by atoms with Crippen LogP contribution >= 0.6 is 0 Å². The Balaban J connectivity index is 1.28. The fraction of sp³-hybridized carbons (Fsp3) is 0.115. The monoisotopic (exact) mass is 455 g/mol. The molecule has 1 aliphatic rings. The van der Waals surface area contributed by atoms with Crippen LogP contribution in [0.1, 0.15) is 28.2 Å². The molecular formula is C26H22FN5O2. The molecule has 1 aromatic heterocycles. The Bertz CT molecular complexity index is 1350. The van der Waals surface area contributed by atoms with Crippen molar-refractivity contribution in [3.05, 3.63) is 102 Å². The lowest BCUT2D eigenvalue weighted by atomic mass is 10.2. The van der Waals surface area contributed by atoms with Gasteiger partial charge in [0.05, 0.1) is 0 Å². The number of carbonyl (C=O) groups is 2. The number of amides is 3. The predicted octanol–water partition coefficient (Wildman–Crippen LogP) is 5.40. The second kappa shape index (κ2) is 9.19. The number of rotatable bonds is 5. The smallest absolute Gasteiger partial charge is 0.321 e. The van der Waals surface area contributed by atoms with E-state index in [2.05, 4.69) is 21.0 Å². The molecule has 34 heavy (non-hydrogen) atoms. The second-order valence-electron chi connectivity index (χ2n) is 7.97. The molecule has 5 rings (SSSR count). The molecule has 0 radical (unpaired) electrons. The van der Waals surface area contributed by atoms with E-state index in [0.717, 1.165) is 30.5 Å². The van der Waals surface area contributed by atoms with Gasteiger partial charge in [-0.1, -0.05) is 30.3 Å². The quantitative estimate of drug-likeness (QED) is 0.377. The van der Waals surface area contributed by atoms with Gasteiger partial charge in [-0.25, -0.2) is 13.9 Å². The first-order valence-corrected chi connectivity index (χ1v) is 11.0. The predicted molar refractivity (Wildman–Crippen MR) is 129 cm³/mol. The van der Waals surface area contributed by atoms with Gasteiger partial charge in [-0.3, -0.25) is 4.79 Å². The van der Waals surface area contributed by atoms with Crippen molar-refractivity contribution < 1.29 is 14.0 Å². The van der Waals surface area contributed by atoms with Crippen molar-refractivity contribution >= 4 is 29.0 Å². The second-order valence-corrected chi connectivity index (χ2v) is 7.97. The fourth-order valence-electron chi connectivity index (χ4n) is 4.08. The summed E-state index contributed by atoms with van der Waals surface area (Å²) in [5.41, 5.74) is 4.20.